The fraction of sp³-hybridized carbons (Fsp3) is 0.950. The van der Waals surface area contributed by atoms with Crippen LogP contribution in [0.15, 0.2) is 0 Å². The Hall–Kier alpha value is -0.280. The Kier molecular flexibility index (Phi) is 8.36. The van der Waals surface area contributed by atoms with Gasteiger partial charge in [0.2, 0.25) is 0 Å². The zero-order valence-electron chi connectivity index (χ0n) is 16.2. The second-order valence-corrected chi connectivity index (χ2v) is 8.09. The van der Waals surface area contributed by atoms with Crippen molar-refractivity contribution in [3.63, 3.8) is 0 Å². The molecule has 2 saturated carbocycles. The maximum absolute atomic E-state index is 13.0. The van der Waals surface area contributed by atoms with Gasteiger partial charge in [-0.25, -0.2) is 0 Å². The number of rotatable bonds is 5. The Morgan fingerprint density at radius 3 is 2.17 bits per heavy atom. The summed E-state index contributed by atoms with van der Waals surface area (Å²) in [7, 11) is 0. The Morgan fingerprint density at radius 1 is 0.917 bits per heavy atom. The summed E-state index contributed by atoms with van der Waals surface area (Å²) in [4.78, 5) is 15.5. The highest BCUT2D eigenvalue weighted by atomic mass is 35.5. The van der Waals surface area contributed by atoms with Crippen molar-refractivity contribution < 1.29 is 23.4 Å². The SMILES string of the molecule is O=C(OCCN1CCCCC1)C1(C2CCCCC2)CCCCC1.[Cl-].[H+]. The van der Waals surface area contributed by atoms with Gasteiger partial charge in [-0.2, -0.15) is 0 Å². The maximum atomic E-state index is 13.0. The molecule has 4 heteroatoms. The van der Waals surface area contributed by atoms with Crippen molar-refractivity contribution in [2.24, 2.45) is 11.3 Å². The molecule has 3 fully saturated rings. The van der Waals surface area contributed by atoms with E-state index in [-0.39, 0.29) is 25.2 Å². The Labute approximate surface area is 155 Å². The molecule has 2 aliphatic carbocycles. The average Bonchev–Trinajstić information content (AvgIpc) is 2.64. The number of piperidine rings is 1. The summed E-state index contributed by atoms with van der Waals surface area (Å²) in [5, 5.41) is 0. The van der Waals surface area contributed by atoms with E-state index in [1.54, 1.807) is 0 Å². The average molecular weight is 358 g/mol. The summed E-state index contributed by atoms with van der Waals surface area (Å²) in [6, 6.07) is 0. The van der Waals surface area contributed by atoms with E-state index in [0.717, 1.165) is 19.4 Å². The minimum atomic E-state index is -0.124. The van der Waals surface area contributed by atoms with Gasteiger partial charge < -0.3 is 17.1 Å². The summed E-state index contributed by atoms with van der Waals surface area (Å²) >= 11 is 0. The monoisotopic (exact) mass is 357 g/mol. The van der Waals surface area contributed by atoms with E-state index in [0.29, 0.717) is 12.5 Å². The molecule has 0 N–H and O–H groups in total. The summed E-state index contributed by atoms with van der Waals surface area (Å²) in [6.45, 7) is 3.91. The number of carbonyl (C=O) groups is 1. The standard InChI is InChI=1S/C20H35NO2.ClH/c22-19(23-17-16-21-14-8-3-9-15-21)20(12-6-2-7-13-20)18-10-4-1-5-11-18;/h18H,1-17H2;1H. The molecule has 24 heavy (non-hydrogen) atoms. The van der Waals surface area contributed by atoms with Crippen LogP contribution in [0.3, 0.4) is 0 Å². The lowest BCUT2D eigenvalue weighted by Gasteiger charge is -2.43. The van der Waals surface area contributed by atoms with Gasteiger partial charge in [0.25, 0.3) is 0 Å². The molecule has 0 atom stereocenters. The van der Waals surface area contributed by atoms with Crippen LogP contribution in [0, 0.1) is 11.3 Å². The Balaban J connectivity index is 0.00000156. The van der Waals surface area contributed by atoms with E-state index in [2.05, 4.69) is 4.90 Å². The summed E-state index contributed by atoms with van der Waals surface area (Å²) < 4.78 is 5.86. The fourth-order valence-corrected chi connectivity index (χ4v) is 5.21. The summed E-state index contributed by atoms with van der Waals surface area (Å²) in [6.07, 6.45) is 16.4. The third-order valence-corrected chi connectivity index (χ3v) is 6.63. The third kappa shape index (κ3) is 4.88. The molecule has 0 aromatic heterocycles. The highest BCUT2D eigenvalue weighted by Gasteiger charge is 2.47. The number of ether oxygens (including phenoxy) is 1. The molecule has 0 aromatic rings. The molecule has 1 heterocycles. The van der Waals surface area contributed by atoms with Crippen molar-refractivity contribution in [2.75, 3.05) is 26.2 Å². The van der Waals surface area contributed by atoms with Crippen LogP contribution in [-0.4, -0.2) is 37.1 Å². The van der Waals surface area contributed by atoms with Crippen molar-refractivity contribution in [1.29, 1.82) is 0 Å². The number of carbonyl (C=O) groups excluding carboxylic acids is 1. The number of halogens is 1. The minimum absolute atomic E-state index is 0. The third-order valence-electron chi connectivity index (χ3n) is 6.63. The van der Waals surface area contributed by atoms with Crippen molar-refractivity contribution in [2.45, 2.75) is 83.5 Å². The zero-order valence-corrected chi connectivity index (χ0v) is 16.0. The van der Waals surface area contributed by atoms with Gasteiger partial charge in [-0.15, -0.1) is 0 Å². The van der Waals surface area contributed by atoms with Crippen molar-refractivity contribution >= 4 is 5.97 Å². The number of esters is 1. The van der Waals surface area contributed by atoms with Crippen LogP contribution in [0.25, 0.3) is 0 Å². The molecule has 3 nitrogen and oxygen atoms in total. The molecule has 1 saturated heterocycles. The molecule has 1 aliphatic heterocycles. The zero-order chi connectivity index (χ0) is 16.0. The Morgan fingerprint density at radius 2 is 1.50 bits per heavy atom. The molecular formula is C20H36ClNO2. The molecule has 140 valence electrons. The summed E-state index contributed by atoms with van der Waals surface area (Å²) in [5.41, 5.74) is -0.124. The minimum Gasteiger partial charge on any atom is -1.00 e. The van der Waals surface area contributed by atoms with E-state index in [1.807, 2.05) is 0 Å². The van der Waals surface area contributed by atoms with Gasteiger partial charge in [0.05, 0.1) is 5.41 Å². The van der Waals surface area contributed by atoms with Crippen LogP contribution in [0.4, 0.5) is 0 Å². The molecular weight excluding hydrogens is 322 g/mol. The fourth-order valence-electron chi connectivity index (χ4n) is 5.21. The van der Waals surface area contributed by atoms with E-state index in [9.17, 15) is 4.79 Å². The lowest BCUT2D eigenvalue weighted by atomic mass is 9.62. The first-order chi connectivity index (χ1) is 11.3. The second-order valence-electron chi connectivity index (χ2n) is 8.09. The van der Waals surface area contributed by atoms with Crippen LogP contribution in [0.2, 0.25) is 0 Å². The molecule has 0 spiro atoms. The quantitative estimate of drug-likeness (QED) is 0.701. The van der Waals surface area contributed by atoms with Crippen LogP contribution in [-0.2, 0) is 9.53 Å². The largest absolute Gasteiger partial charge is 1.00 e. The van der Waals surface area contributed by atoms with Crippen molar-refractivity contribution in [3.8, 4) is 0 Å². The van der Waals surface area contributed by atoms with E-state index < -0.39 is 0 Å². The lowest BCUT2D eigenvalue weighted by Crippen LogP contribution is -3.00. The first-order valence-corrected chi connectivity index (χ1v) is 10.2. The predicted molar refractivity (Wildman–Crippen MR) is 94.5 cm³/mol. The van der Waals surface area contributed by atoms with Gasteiger partial charge in [-0.1, -0.05) is 44.9 Å². The highest BCUT2D eigenvalue weighted by molar-refractivity contribution is 5.77. The number of hydrogen-bond donors (Lipinski definition) is 0. The number of nitrogens with zero attached hydrogens (tertiary/aromatic N) is 1. The molecule has 0 bridgehead atoms. The maximum Gasteiger partial charge on any atom is 1.00 e. The van der Waals surface area contributed by atoms with E-state index in [4.69, 9.17) is 4.74 Å². The van der Waals surface area contributed by atoms with Crippen LogP contribution in [0.5, 0.6) is 0 Å². The first-order valence-electron chi connectivity index (χ1n) is 10.2. The highest BCUT2D eigenvalue weighted by Crippen LogP contribution is 2.49. The molecule has 3 aliphatic rings. The second kappa shape index (κ2) is 10.0. The van der Waals surface area contributed by atoms with Gasteiger partial charge >= 0.3 is 7.40 Å². The smallest absolute Gasteiger partial charge is 1.00 e. The van der Waals surface area contributed by atoms with E-state index in [1.165, 1.54) is 83.7 Å². The normalized spacial score (nSPS) is 25.7. The van der Waals surface area contributed by atoms with Gasteiger partial charge in [-0.3, -0.25) is 9.69 Å². The number of likely N-dealkylation sites (tertiary alicyclic amines) is 1. The van der Waals surface area contributed by atoms with Crippen LogP contribution < -0.4 is 12.4 Å². The number of hydrogen-bond acceptors (Lipinski definition) is 3. The molecule has 0 radical (unpaired) electrons. The summed E-state index contributed by atoms with van der Waals surface area (Å²) in [5.74, 6) is 0.750. The van der Waals surface area contributed by atoms with Crippen LogP contribution >= 0.6 is 0 Å². The van der Waals surface area contributed by atoms with Gasteiger partial charge in [0.15, 0.2) is 0 Å². The molecule has 0 unspecified atom stereocenters. The van der Waals surface area contributed by atoms with Gasteiger partial charge in [-0.05, 0) is 57.5 Å². The molecule has 3 rings (SSSR count). The first kappa shape index (κ1) is 20.0. The van der Waals surface area contributed by atoms with Crippen molar-refractivity contribution in [3.05, 3.63) is 0 Å². The topological polar surface area (TPSA) is 29.5 Å². The Bertz CT molecular complexity index is 376. The van der Waals surface area contributed by atoms with Crippen molar-refractivity contribution in [1.82, 2.24) is 4.90 Å². The van der Waals surface area contributed by atoms with Crippen LogP contribution in [0.1, 0.15) is 84.9 Å². The molecule has 0 aromatic carbocycles. The lowest BCUT2D eigenvalue weighted by molar-refractivity contribution is -0.164. The van der Waals surface area contributed by atoms with Gasteiger partial charge in [0.1, 0.15) is 6.61 Å². The predicted octanol–water partition coefficient (Wildman–Crippen LogP) is 1.66. The van der Waals surface area contributed by atoms with Gasteiger partial charge in [0, 0.05) is 6.54 Å². The van der Waals surface area contributed by atoms with E-state index >= 15 is 0 Å². The molecule has 0 amide bonds.